The maximum absolute atomic E-state index is 13.0. The fraction of sp³-hybridized carbons (Fsp3) is 0.375. The molecule has 0 radical (unpaired) electrons. The number of hydrogen-bond donors (Lipinski definition) is 2. The molecule has 0 aromatic heterocycles. The maximum atomic E-state index is 13.0. The van der Waals surface area contributed by atoms with Gasteiger partial charge in [-0.15, -0.1) is 0 Å². The molecule has 2 aromatic rings. The average Bonchev–Trinajstić information content (AvgIpc) is 2.85. The number of urea groups is 1. The lowest BCUT2D eigenvalue weighted by molar-refractivity contribution is -0.133. The number of imide groups is 1. The molecule has 1 saturated heterocycles. The van der Waals surface area contributed by atoms with E-state index < -0.39 is 18.0 Å². The molecular formula is C24H27FN4O5. The minimum atomic E-state index is -0.637. The SMILES string of the molecule is CC(C(=O)NC(=O)Nc1ccc2c(c1)OCCO2)N1CCN(C(=O)Cc2ccc(F)cc2)CC1. The van der Waals surface area contributed by atoms with Crippen molar-refractivity contribution in [1.82, 2.24) is 15.1 Å². The van der Waals surface area contributed by atoms with Crippen LogP contribution in [-0.4, -0.2) is 73.1 Å². The van der Waals surface area contributed by atoms with E-state index in [0.717, 1.165) is 5.56 Å². The quantitative estimate of drug-likeness (QED) is 0.694. The first-order valence-corrected chi connectivity index (χ1v) is 11.2. The molecule has 1 fully saturated rings. The van der Waals surface area contributed by atoms with Crippen LogP contribution in [-0.2, 0) is 16.0 Å². The van der Waals surface area contributed by atoms with Gasteiger partial charge in [0.05, 0.1) is 12.5 Å². The second kappa shape index (κ2) is 10.5. The standard InChI is InChI=1S/C24H27FN4O5/c1-16(23(31)27-24(32)26-19-6-7-20-21(15-19)34-13-12-33-20)28-8-10-29(11-9-28)22(30)14-17-2-4-18(25)5-3-17/h2-7,15-16H,8-14H2,1H3,(H2,26,27,31,32). The molecule has 1 unspecified atom stereocenters. The molecular weight excluding hydrogens is 443 g/mol. The Kier molecular flexibility index (Phi) is 7.27. The monoisotopic (exact) mass is 470 g/mol. The number of amides is 4. The Hall–Kier alpha value is -3.66. The molecule has 0 aliphatic carbocycles. The zero-order valence-corrected chi connectivity index (χ0v) is 18.9. The Balaban J connectivity index is 1.23. The van der Waals surface area contributed by atoms with E-state index in [0.29, 0.717) is 56.6 Å². The highest BCUT2D eigenvalue weighted by atomic mass is 19.1. The number of nitrogens with one attached hydrogen (secondary N) is 2. The third kappa shape index (κ3) is 5.82. The smallest absolute Gasteiger partial charge is 0.325 e. The van der Waals surface area contributed by atoms with Gasteiger partial charge in [0.25, 0.3) is 0 Å². The summed E-state index contributed by atoms with van der Waals surface area (Å²) >= 11 is 0. The van der Waals surface area contributed by atoms with Gasteiger partial charge in [0.1, 0.15) is 19.0 Å². The van der Waals surface area contributed by atoms with Gasteiger partial charge in [-0.3, -0.25) is 19.8 Å². The summed E-state index contributed by atoms with van der Waals surface area (Å²) in [6.45, 7) is 4.60. The summed E-state index contributed by atoms with van der Waals surface area (Å²) in [5, 5.41) is 4.99. The van der Waals surface area contributed by atoms with Gasteiger partial charge in [0.15, 0.2) is 11.5 Å². The van der Waals surface area contributed by atoms with Crippen LogP contribution in [0.15, 0.2) is 42.5 Å². The van der Waals surface area contributed by atoms with Crippen LogP contribution >= 0.6 is 0 Å². The summed E-state index contributed by atoms with van der Waals surface area (Å²) < 4.78 is 24.0. The van der Waals surface area contributed by atoms with Gasteiger partial charge in [0.2, 0.25) is 11.8 Å². The largest absolute Gasteiger partial charge is 0.486 e. The molecule has 0 bridgehead atoms. The van der Waals surface area contributed by atoms with Crippen LogP contribution in [0.2, 0.25) is 0 Å². The first-order chi connectivity index (χ1) is 16.4. The molecule has 2 aliphatic rings. The molecule has 9 nitrogen and oxygen atoms in total. The summed E-state index contributed by atoms with van der Waals surface area (Å²) in [7, 11) is 0. The van der Waals surface area contributed by atoms with E-state index in [4.69, 9.17) is 9.47 Å². The van der Waals surface area contributed by atoms with Crippen LogP contribution in [0.3, 0.4) is 0 Å². The van der Waals surface area contributed by atoms with Crippen molar-refractivity contribution in [3.63, 3.8) is 0 Å². The average molecular weight is 471 g/mol. The van der Waals surface area contributed by atoms with Crippen molar-refractivity contribution in [2.24, 2.45) is 0 Å². The Morgan fingerprint density at radius 2 is 1.65 bits per heavy atom. The Bertz CT molecular complexity index is 1050. The number of fused-ring (bicyclic) bond motifs is 1. The number of ether oxygens (including phenoxy) is 2. The molecule has 4 rings (SSSR count). The zero-order chi connectivity index (χ0) is 24.1. The lowest BCUT2D eigenvalue weighted by Crippen LogP contribution is -2.56. The van der Waals surface area contributed by atoms with E-state index in [1.54, 1.807) is 42.2 Å². The van der Waals surface area contributed by atoms with E-state index in [1.807, 2.05) is 4.90 Å². The Labute approximate surface area is 196 Å². The summed E-state index contributed by atoms with van der Waals surface area (Å²) in [6.07, 6.45) is 0.205. The molecule has 34 heavy (non-hydrogen) atoms. The van der Waals surface area contributed by atoms with Gasteiger partial charge in [-0.1, -0.05) is 12.1 Å². The molecule has 2 N–H and O–H groups in total. The van der Waals surface area contributed by atoms with E-state index >= 15 is 0 Å². The van der Waals surface area contributed by atoms with Crippen LogP contribution in [0.25, 0.3) is 0 Å². The first-order valence-electron chi connectivity index (χ1n) is 11.2. The first kappa shape index (κ1) is 23.5. The van der Waals surface area contributed by atoms with E-state index in [9.17, 15) is 18.8 Å². The number of carbonyl (C=O) groups is 3. The summed E-state index contributed by atoms with van der Waals surface area (Å²) in [6, 6.07) is 9.72. The zero-order valence-electron chi connectivity index (χ0n) is 18.9. The summed E-state index contributed by atoms with van der Waals surface area (Å²) in [5.41, 5.74) is 1.24. The predicted molar refractivity (Wildman–Crippen MR) is 122 cm³/mol. The van der Waals surface area contributed by atoms with E-state index in [-0.39, 0.29) is 18.1 Å². The number of piperazine rings is 1. The fourth-order valence-corrected chi connectivity index (χ4v) is 3.91. The third-order valence-corrected chi connectivity index (χ3v) is 5.90. The topological polar surface area (TPSA) is 100 Å². The number of benzene rings is 2. The maximum Gasteiger partial charge on any atom is 0.325 e. The predicted octanol–water partition coefficient (Wildman–Crippen LogP) is 2.02. The number of anilines is 1. The molecule has 2 heterocycles. The Morgan fingerprint density at radius 1 is 0.971 bits per heavy atom. The molecule has 10 heteroatoms. The molecule has 4 amide bonds. The van der Waals surface area contributed by atoms with Crippen LogP contribution in [0.4, 0.5) is 14.9 Å². The molecule has 180 valence electrons. The lowest BCUT2D eigenvalue weighted by atomic mass is 10.1. The minimum absolute atomic E-state index is 0.0397. The van der Waals surface area contributed by atoms with Gasteiger partial charge in [-0.2, -0.15) is 0 Å². The number of hydrogen-bond acceptors (Lipinski definition) is 6. The van der Waals surface area contributed by atoms with Crippen LogP contribution in [0.5, 0.6) is 11.5 Å². The number of rotatable bonds is 5. The van der Waals surface area contributed by atoms with Crippen molar-refractivity contribution >= 4 is 23.5 Å². The molecule has 0 spiro atoms. The molecule has 2 aliphatic heterocycles. The lowest BCUT2D eigenvalue weighted by Gasteiger charge is -2.37. The summed E-state index contributed by atoms with van der Waals surface area (Å²) in [5.74, 6) is 0.341. The second-order valence-electron chi connectivity index (χ2n) is 8.20. The van der Waals surface area contributed by atoms with Crippen molar-refractivity contribution in [2.75, 3.05) is 44.7 Å². The fourth-order valence-electron chi connectivity index (χ4n) is 3.91. The van der Waals surface area contributed by atoms with Gasteiger partial charge >= 0.3 is 6.03 Å². The normalized spacial score (nSPS) is 16.5. The van der Waals surface area contributed by atoms with Crippen molar-refractivity contribution < 1.29 is 28.2 Å². The van der Waals surface area contributed by atoms with Crippen molar-refractivity contribution in [3.05, 3.63) is 53.8 Å². The highest BCUT2D eigenvalue weighted by molar-refractivity contribution is 6.02. The van der Waals surface area contributed by atoms with Crippen LogP contribution < -0.4 is 20.1 Å². The molecule has 0 saturated carbocycles. The number of halogens is 1. The highest BCUT2D eigenvalue weighted by Gasteiger charge is 2.28. The van der Waals surface area contributed by atoms with Crippen LogP contribution in [0.1, 0.15) is 12.5 Å². The van der Waals surface area contributed by atoms with E-state index in [2.05, 4.69) is 10.6 Å². The second-order valence-corrected chi connectivity index (χ2v) is 8.20. The van der Waals surface area contributed by atoms with Gasteiger partial charge in [0, 0.05) is 37.9 Å². The van der Waals surface area contributed by atoms with Crippen molar-refractivity contribution in [1.29, 1.82) is 0 Å². The number of carbonyl (C=O) groups excluding carboxylic acids is 3. The molecule has 2 aromatic carbocycles. The van der Waals surface area contributed by atoms with Gasteiger partial charge in [-0.25, -0.2) is 9.18 Å². The van der Waals surface area contributed by atoms with Gasteiger partial charge in [-0.05, 0) is 36.8 Å². The number of nitrogens with zero attached hydrogens (tertiary/aromatic N) is 2. The Morgan fingerprint density at radius 3 is 2.35 bits per heavy atom. The van der Waals surface area contributed by atoms with Crippen molar-refractivity contribution in [3.8, 4) is 11.5 Å². The minimum Gasteiger partial charge on any atom is -0.486 e. The highest BCUT2D eigenvalue weighted by Crippen LogP contribution is 2.32. The molecule has 1 atom stereocenters. The third-order valence-electron chi connectivity index (χ3n) is 5.90. The van der Waals surface area contributed by atoms with Gasteiger partial charge < -0.3 is 19.7 Å². The summed E-state index contributed by atoms with van der Waals surface area (Å²) in [4.78, 5) is 41.1. The van der Waals surface area contributed by atoms with Crippen LogP contribution in [0, 0.1) is 5.82 Å². The van der Waals surface area contributed by atoms with Crippen molar-refractivity contribution in [2.45, 2.75) is 19.4 Å². The van der Waals surface area contributed by atoms with E-state index in [1.165, 1.54) is 12.1 Å².